The van der Waals surface area contributed by atoms with Crippen molar-refractivity contribution in [3.63, 3.8) is 0 Å². The zero-order valence-corrected chi connectivity index (χ0v) is 11.4. The van der Waals surface area contributed by atoms with Crippen molar-refractivity contribution in [3.8, 4) is 0 Å². The summed E-state index contributed by atoms with van der Waals surface area (Å²) in [5.41, 5.74) is 1.19. The smallest absolute Gasteiger partial charge is 0.127 e. The maximum absolute atomic E-state index is 5.77. The second-order valence-electron chi connectivity index (χ2n) is 4.80. The first kappa shape index (κ1) is 13.1. The van der Waals surface area contributed by atoms with Crippen LogP contribution >= 0.6 is 0 Å². The topological polar surface area (TPSA) is 37.4 Å². The molecule has 4 nitrogen and oxygen atoms in total. The van der Waals surface area contributed by atoms with Crippen molar-refractivity contribution < 1.29 is 4.74 Å². The highest BCUT2D eigenvalue weighted by molar-refractivity contribution is 5.53. The van der Waals surface area contributed by atoms with Crippen molar-refractivity contribution in [2.24, 2.45) is 0 Å². The second kappa shape index (κ2) is 6.59. The van der Waals surface area contributed by atoms with Crippen LogP contribution in [0.5, 0.6) is 0 Å². The van der Waals surface area contributed by atoms with E-state index in [4.69, 9.17) is 4.74 Å². The Morgan fingerprint density at radius 3 is 3.11 bits per heavy atom. The van der Waals surface area contributed by atoms with E-state index in [0.29, 0.717) is 6.10 Å². The minimum atomic E-state index is 0.375. The molecule has 1 unspecified atom stereocenters. The van der Waals surface area contributed by atoms with Crippen molar-refractivity contribution in [2.45, 2.75) is 32.3 Å². The normalized spacial score (nSPS) is 19.6. The Bertz CT molecular complexity index is 364. The number of anilines is 2. The molecule has 2 rings (SSSR count). The SMILES string of the molecule is CCNc1cc(N(C)CC2CCCCO2)ccn1. The molecule has 0 aliphatic carbocycles. The van der Waals surface area contributed by atoms with Gasteiger partial charge < -0.3 is 15.0 Å². The molecular formula is C14H23N3O. The summed E-state index contributed by atoms with van der Waals surface area (Å²) < 4.78 is 5.77. The second-order valence-corrected chi connectivity index (χ2v) is 4.80. The largest absolute Gasteiger partial charge is 0.376 e. The minimum Gasteiger partial charge on any atom is -0.376 e. The third kappa shape index (κ3) is 3.60. The van der Waals surface area contributed by atoms with Gasteiger partial charge in [0.1, 0.15) is 5.82 Å². The van der Waals surface area contributed by atoms with Gasteiger partial charge in [-0.05, 0) is 32.3 Å². The molecule has 2 heterocycles. The molecule has 0 radical (unpaired) electrons. The molecule has 100 valence electrons. The van der Waals surface area contributed by atoms with Crippen LogP contribution in [-0.2, 0) is 4.74 Å². The molecule has 1 N–H and O–H groups in total. The van der Waals surface area contributed by atoms with E-state index in [9.17, 15) is 0 Å². The van der Waals surface area contributed by atoms with Crippen molar-refractivity contribution in [1.29, 1.82) is 0 Å². The van der Waals surface area contributed by atoms with Gasteiger partial charge in [0.15, 0.2) is 0 Å². The van der Waals surface area contributed by atoms with Crippen LogP contribution in [0.2, 0.25) is 0 Å². The molecule has 4 heteroatoms. The zero-order chi connectivity index (χ0) is 12.8. The van der Waals surface area contributed by atoms with Gasteiger partial charge >= 0.3 is 0 Å². The van der Waals surface area contributed by atoms with Crippen LogP contribution in [0.25, 0.3) is 0 Å². The maximum Gasteiger partial charge on any atom is 0.127 e. The Kier molecular flexibility index (Phi) is 4.81. The maximum atomic E-state index is 5.77. The van der Waals surface area contributed by atoms with Gasteiger partial charge in [0.05, 0.1) is 6.10 Å². The summed E-state index contributed by atoms with van der Waals surface area (Å²) in [5.74, 6) is 0.936. The fourth-order valence-corrected chi connectivity index (χ4v) is 2.30. The lowest BCUT2D eigenvalue weighted by atomic mass is 10.1. The molecule has 0 spiro atoms. The molecule has 1 aromatic heterocycles. The predicted octanol–water partition coefficient (Wildman–Crippen LogP) is 2.52. The van der Waals surface area contributed by atoms with Crippen molar-refractivity contribution in [2.75, 3.05) is 37.0 Å². The summed E-state index contributed by atoms with van der Waals surface area (Å²) >= 11 is 0. The monoisotopic (exact) mass is 249 g/mol. The Morgan fingerprint density at radius 1 is 1.50 bits per heavy atom. The number of ether oxygens (including phenoxy) is 1. The number of nitrogens with one attached hydrogen (secondary N) is 1. The molecule has 0 amide bonds. The van der Waals surface area contributed by atoms with Crippen molar-refractivity contribution >= 4 is 11.5 Å². The molecule has 1 saturated heterocycles. The van der Waals surface area contributed by atoms with E-state index in [1.165, 1.54) is 24.9 Å². The summed E-state index contributed by atoms with van der Waals surface area (Å²) in [7, 11) is 2.11. The fraction of sp³-hybridized carbons (Fsp3) is 0.643. The molecule has 18 heavy (non-hydrogen) atoms. The van der Waals surface area contributed by atoms with E-state index in [2.05, 4.69) is 35.2 Å². The number of nitrogens with zero attached hydrogens (tertiary/aromatic N) is 2. The Morgan fingerprint density at radius 2 is 2.39 bits per heavy atom. The van der Waals surface area contributed by atoms with E-state index in [1.807, 2.05) is 12.3 Å². The first-order valence-corrected chi connectivity index (χ1v) is 6.82. The third-order valence-corrected chi connectivity index (χ3v) is 3.29. The van der Waals surface area contributed by atoms with Crippen LogP contribution in [0.4, 0.5) is 11.5 Å². The minimum absolute atomic E-state index is 0.375. The summed E-state index contributed by atoms with van der Waals surface area (Å²) in [6, 6.07) is 4.13. The summed E-state index contributed by atoms with van der Waals surface area (Å²) in [6.07, 6.45) is 5.90. The average molecular weight is 249 g/mol. The molecule has 1 aliphatic rings. The predicted molar refractivity (Wildman–Crippen MR) is 75.3 cm³/mol. The Labute approximate surface area is 109 Å². The zero-order valence-electron chi connectivity index (χ0n) is 11.4. The molecule has 1 aromatic rings. The molecule has 0 saturated carbocycles. The lowest BCUT2D eigenvalue weighted by Crippen LogP contribution is -2.33. The molecule has 0 aromatic carbocycles. The van der Waals surface area contributed by atoms with E-state index in [1.54, 1.807) is 0 Å². The number of hydrogen-bond acceptors (Lipinski definition) is 4. The number of rotatable bonds is 5. The van der Waals surface area contributed by atoms with E-state index in [-0.39, 0.29) is 0 Å². The molecule has 0 bridgehead atoms. The van der Waals surface area contributed by atoms with Crippen LogP contribution < -0.4 is 10.2 Å². The number of hydrogen-bond donors (Lipinski definition) is 1. The van der Waals surface area contributed by atoms with Gasteiger partial charge in [-0.15, -0.1) is 0 Å². The van der Waals surface area contributed by atoms with E-state index in [0.717, 1.165) is 25.5 Å². The molecule has 1 fully saturated rings. The molecular weight excluding hydrogens is 226 g/mol. The summed E-state index contributed by atoms with van der Waals surface area (Å²) in [6.45, 7) is 4.84. The van der Waals surface area contributed by atoms with Gasteiger partial charge in [0, 0.05) is 44.7 Å². The van der Waals surface area contributed by atoms with Crippen LogP contribution in [0.3, 0.4) is 0 Å². The van der Waals surface area contributed by atoms with Gasteiger partial charge in [-0.1, -0.05) is 0 Å². The average Bonchev–Trinajstić information content (AvgIpc) is 2.40. The van der Waals surface area contributed by atoms with Crippen LogP contribution in [0.15, 0.2) is 18.3 Å². The fourth-order valence-electron chi connectivity index (χ4n) is 2.30. The summed E-state index contributed by atoms with van der Waals surface area (Å²) in [4.78, 5) is 6.54. The first-order chi connectivity index (χ1) is 8.79. The van der Waals surface area contributed by atoms with Gasteiger partial charge in [-0.3, -0.25) is 0 Å². The first-order valence-electron chi connectivity index (χ1n) is 6.82. The number of likely N-dealkylation sites (N-methyl/N-ethyl adjacent to an activating group) is 1. The number of aromatic nitrogens is 1. The Hall–Kier alpha value is -1.29. The highest BCUT2D eigenvalue weighted by Gasteiger charge is 2.16. The highest BCUT2D eigenvalue weighted by atomic mass is 16.5. The number of pyridine rings is 1. The standard InChI is InChI=1S/C14H23N3O/c1-3-15-14-10-12(7-8-16-14)17(2)11-13-6-4-5-9-18-13/h7-8,10,13H,3-6,9,11H2,1-2H3,(H,15,16). The van der Waals surface area contributed by atoms with E-state index < -0.39 is 0 Å². The molecule has 1 aliphatic heterocycles. The quantitative estimate of drug-likeness (QED) is 0.870. The lowest BCUT2D eigenvalue weighted by Gasteiger charge is -2.28. The van der Waals surface area contributed by atoms with Crippen LogP contribution in [0.1, 0.15) is 26.2 Å². The van der Waals surface area contributed by atoms with Crippen molar-refractivity contribution in [1.82, 2.24) is 4.98 Å². The third-order valence-electron chi connectivity index (χ3n) is 3.29. The van der Waals surface area contributed by atoms with Crippen LogP contribution in [-0.4, -0.2) is 37.8 Å². The van der Waals surface area contributed by atoms with Gasteiger partial charge in [-0.2, -0.15) is 0 Å². The van der Waals surface area contributed by atoms with Gasteiger partial charge in [-0.25, -0.2) is 4.98 Å². The lowest BCUT2D eigenvalue weighted by molar-refractivity contribution is 0.0216. The van der Waals surface area contributed by atoms with E-state index >= 15 is 0 Å². The summed E-state index contributed by atoms with van der Waals surface area (Å²) in [5, 5.41) is 3.24. The van der Waals surface area contributed by atoms with Crippen LogP contribution in [0, 0.1) is 0 Å². The molecule has 1 atom stereocenters. The van der Waals surface area contributed by atoms with Gasteiger partial charge in [0.2, 0.25) is 0 Å². The highest BCUT2D eigenvalue weighted by Crippen LogP contribution is 2.19. The van der Waals surface area contributed by atoms with Crippen molar-refractivity contribution in [3.05, 3.63) is 18.3 Å². The Balaban J connectivity index is 1.94. The van der Waals surface area contributed by atoms with Gasteiger partial charge in [0.25, 0.3) is 0 Å².